The highest BCUT2D eigenvalue weighted by atomic mass is 32.2. The third-order valence-corrected chi connectivity index (χ3v) is 7.07. The molecule has 0 aromatic heterocycles. The van der Waals surface area contributed by atoms with Crippen LogP contribution >= 0.6 is 0 Å². The van der Waals surface area contributed by atoms with E-state index in [1.54, 1.807) is 60.7 Å². The van der Waals surface area contributed by atoms with Crippen LogP contribution in [0.25, 0.3) is 0 Å². The van der Waals surface area contributed by atoms with Crippen molar-refractivity contribution >= 4 is 27.8 Å². The van der Waals surface area contributed by atoms with Gasteiger partial charge in [-0.1, -0.05) is 30.4 Å². The highest BCUT2D eigenvalue weighted by Crippen LogP contribution is 2.28. The van der Waals surface area contributed by atoms with Gasteiger partial charge in [0.1, 0.15) is 18.9 Å². The molecule has 0 fully saturated rings. The zero-order chi connectivity index (χ0) is 27.5. The second-order valence-electron chi connectivity index (χ2n) is 8.05. The summed E-state index contributed by atoms with van der Waals surface area (Å²) in [5.41, 5.74) is 4.28. The predicted molar refractivity (Wildman–Crippen MR) is 148 cm³/mol. The van der Waals surface area contributed by atoms with Crippen LogP contribution in [0.4, 0.5) is 5.69 Å². The van der Waals surface area contributed by atoms with Gasteiger partial charge in [0.05, 0.1) is 30.5 Å². The summed E-state index contributed by atoms with van der Waals surface area (Å²) in [5, 5.41) is 4.00. The Morgan fingerprint density at radius 2 is 1.74 bits per heavy atom. The fourth-order valence-corrected chi connectivity index (χ4v) is 4.81. The van der Waals surface area contributed by atoms with Crippen molar-refractivity contribution in [2.75, 3.05) is 31.2 Å². The van der Waals surface area contributed by atoms with Gasteiger partial charge in [-0.25, -0.2) is 13.8 Å². The summed E-state index contributed by atoms with van der Waals surface area (Å²) in [6.07, 6.45) is 3.07. The molecule has 1 N–H and O–H groups in total. The van der Waals surface area contributed by atoms with Gasteiger partial charge in [0.2, 0.25) is 0 Å². The van der Waals surface area contributed by atoms with Gasteiger partial charge in [0.25, 0.3) is 15.9 Å². The molecule has 38 heavy (non-hydrogen) atoms. The van der Waals surface area contributed by atoms with E-state index in [9.17, 15) is 13.2 Å². The number of sulfonamides is 1. The molecule has 0 atom stereocenters. The first-order valence-corrected chi connectivity index (χ1v) is 13.3. The Balaban J connectivity index is 1.79. The van der Waals surface area contributed by atoms with Crippen LogP contribution in [-0.2, 0) is 14.8 Å². The molecule has 0 saturated carbocycles. The maximum atomic E-state index is 13.5. The minimum absolute atomic E-state index is 0.0671. The van der Waals surface area contributed by atoms with Gasteiger partial charge in [-0.05, 0) is 74.0 Å². The van der Waals surface area contributed by atoms with Crippen LogP contribution in [0.2, 0.25) is 0 Å². The van der Waals surface area contributed by atoms with Crippen molar-refractivity contribution in [1.29, 1.82) is 0 Å². The topological polar surface area (TPSA) is 107 Å². The number of benzene rings is 3. The highest BCUT2D eigenvalue weighted by molar-refractivity contribution is 7.92. The van der Waals surface area contributed by atoms with Crippen LogP contribution in [-0.4, -0.2) is 47.4 Å². The molecule has 200 valence electrons. The zero-order valence-corrected chi connectivity index (χ0v) is 22.4. The van der Waals surface area contributed by atoms with Crippen molar-refractivity contribution < 1.29 is 27.4 Å². The fourth-order valence-electron chi connectivity index (χ4n) is 3.39. The third kappa shape index (κ3) is 7.36. The molecular weight excluding hydrogens is 506 g/mol. The summed E-state index contributed by atoms with van der Waals surface area (Å²) in [6, 6.07) is 18.0. The largest absolute Gasteiger partial charge is 0.497 e. The van der Waals surface area contributed by atoms with E-state index in [4.69, 9.17) is 14.2 Å². The lowest BCUT2D eigenvalue weighted by molar-refractivity contribution is -0.119. The Labute approximate surface area is 223 Å². The number of amides is 1. The Morgan fingerprint density at radius 3 is 2.37 bits per heavy atom. The number of anilines is 1. The van der Waals surface area contributed by atoms with E-state index in [1.165, 1.54) is 25.5 Å². The van der Waals surface area contributed by atoms with E-state index in [1.807, 2.05) is 13.8 Å². The summed E-state index contributed by atoms with van der Waals surface area (Å²) in [6.45, 7) is 7.65. The molecule has 0 aliphatic rings. The van der Waals surface area contributed by atoms with Gasteiger partial charge >= 0.3 is 0 Å². The Hall–Kier alpha value is -4.31. The van der Waals surface area contributed by atoms with E-state index in [2.05, 4.69) is 17.1 Å². The maximum Gasteiger partial charge on any atom is 0.264 e. The molecule has 3 aromatic carbocycles. The average molecular weight is 538 g/mol. The summed E-state index contributed by atoms with van der Waals surface area (Å²) in [5.74, 6) is 1.02. The first-order chi connectivity index (χ1) is 18.3. The lowest BCUT2D eigenvalue weighted by Crippen LogP contribution is -2.39. The third-order valence-electron chi connectivity index (χ3n) is 5.28. The number of hydrogen-bond acceptors (Lipinski definition) is 7. The maximum absolute atomic E-state index is 13.5. The number of ether oxygens (including phenoxy) is 3. The molecule has 0 spiro atoms. The normalized spacial score (nSPS) is 11.1. The lowest BCUT2D eigenvalue weighted by Gasteiger charge is -2.24. The van der Waals surface area contributed by atoms with Gasteiger partial charge in [-0.2, -0.15) is 5.10 Å². The first kappa shape index (κ1) is 28.3. The zero-order valence-electron chi connectivity index (χ0n) is 21.6. The van der Waals surface area contributed by atoms with Crippen molar-refractivity contribution in [3.05, 3.63) is 90.5 Å². The molecule has 9 nitrogen and oxygen atoms in total. The van der Waals surface area contributed by atoms with Crippen LogP contribution in [0, 0.1) is 6.92 Å². The minimum Gasteiger partial charge on any atom is -0.497 e. The number of hydrogen-bond donors (Lipinski definition) is 1. The van der Waals surface area contributed by atoms with Gasteiger partial charge in [0, 0.05) is 0 Å². The molecule has 0 heterocycles. The van der Waals surface area contributed by atoms with Crippen molar-refractivity contribution in [2.24, 2.45) is 5.10 Å². The van der Waals surface area contributed by atoms with Gasteiger partial charge in [-0.3, -0.25) is 9.10 Å². The van der Waals surface area contributed by atoms with Crippen LogP contribution in [0.3, 0.4) is 0 Å². The molecule has 3 rings (SSSR count). The Bertz CT molecular complexity index is 1370. The summed E-state index contributed by atoms with van der Waals surface area (Å²) in [4.78, 5) is 12.9. The smallest absolute Gasteiger partial charge is 0.264 e. The fraction of sp³-hybridized carbons (Fsp3) is 0.214. The Morgan fingerprint density at radius 1 is 1.03 bits per heavy atom. The predicted octanol–water partition coefficient (Wildman–Crippen LogP) is 4.31. The number of carbonyl (C=O) groups excluding carboxylic acids is 1. The molecule has 0 bridgehead atoms. The quantitative estimate of drug-likeness (QED) is 0.198. The van der Waals surface area contributed by atoms with Crippen LogP contribution in [0.15, 0.2) is 89.4 Å². The summed E-state index contributed by atoms with van der Waals surface area (Å²) >= 11 is 0. The molecule has 0 radical (unpaired) electrons. The van der Waals surface area contributed by atoms with E-state index in [0.29, 0.717) is 41.7 Å². The standard InChI is InChI=1S/C28H31N3O6S/c1-5-17-37-26-16-9-22(18-27(26)36-6-2)19-29-30-28(32)20-31(23-10-12-24(35-4)13-11-23)38(33,34)25-14-7-21(3)8-15-25/h5,7-16,18-19H,1,6,17,20H2,2-4H3,(H,30,32)/b29-19-. The second kappa shape index (κ2) is 13.3. The van der Waals surface area contributed by atoms with Gasteiger partial charge in [0.15, 0.2) is 11.5 Å². The number of carbonyl (C=O) groups is 1. The molecule has 0 aliphatic carbocycles. The van der Waals surface area contributed by atoms with Crippen molar-refractivity contribution in [3.63, 3.8) is 0 Å². The molecule has 0 aliphatic heterocycles. The van der Waals surface area contributed by atoms with E-state index >= 15 is 0 Å². The molecular formula is C28H31N3O6S. The summed E-state index contributed by atoms with van der Waals surface area (Å²) in [7, 11) is -2.53. The van der Waals surface area contributed by atoms with E-state index in [-0.39, 0.29) is 4.90 Å². The molecule has 1 amide bonds. The van der Waals surface area contributed by atoms with E-state index in [0.717, 1.165) is 9.87 Å². The number of rotatable bonds is 13. The van der Waals surface area contributed by atoms with E-state index < -0.39 is 22.5 Å². The Kier molecular flexibility index (Phi) is 9.89. The number of hydrazone groups is 1. The molecule has 0 unspecified atom stereocenters. The van der Waals surface area contributed by atoms with Crippen LogP contribution in [0.1, 0.15) is 18.1 Å². The SMILES string of the molecule is C=CCOc1ccc(/C=N\NC(=O)CN(c2ccc(OC)cc2)S(=O)(=O)c2ccc(C)cc2)cc1OCC. The monoisotopic (exact) mass is 537 g/mol. The second-order valence-corrected chi connectivity index (χ2v) is 9.92. The molecule has 0 saturated heterocycles. The minimum atomic E-state index is -4.04. The van der Waals surface area contributed by atoms with Gasteiger partial charge in [-0.15, -0.1) is 0 Å². The van der Waals surface area contributed by atoms with Crippen molar-refractivity contribution in [2.45, 2.75) is 18.7 Å². The number of nitrogens with one attached hydrogen (secondary N) is 1. The summed E-state index contributed by atoms with van der Waals surface area (Å²) < 4.78 is 44.4. The number of nitrogens with zero attached hydrogens (tertiary/aromatic N) is 2. The highest BCUT2D eigenvalue weighted by Gasteiger charge is 2.27. The molecule has 3 aromatic rings. The van der Waals surface area contributed by atoms with Gasteiger partial charge < -0.3 is 14.2 Å². The average Bonchev–Trinajstić information content (AvgIpc) is 2.92. The van der Waals surface area contributed by atoms with Crippen LogP contribution in [0.5, 0.6) is 17.2 Å². The number of aryl methyl sites for hydroxylation is 1. The lowest BCUT2D eigenvalue weighted by atomic mass is 10.2. The molecule has 10 heteroatoms. The van der Waals surface area contributed by atoms with Crippen molar-refractivity contribution in [3.8, 4) is 17.2 Å². The first-order valence-electron chi connectivity index (χ1n) is 11.8. The van der Waals surface area contributed by atoms with Crippen LogP contribution < -0.4 is 23.9 Å². The number of methoxy groups -OCH3 is 1. The van der Waals surface area contributed by atoms with Crippen molar-refractivity contribution in [1.82, 2.24) is 5.43 Å².